The lowest BCUT2D eigenvalue weighted by Gasteiger charge is -2.29. The summed E-state index contributed by atoms with van der Waals surface area (Å²) in [7, 11) is 1.88. The Morgan fingerprint density at radius 2 is 1.90 bits per heavy atom. The Kier molecular flexibility index (Phi) is 2.65. The van der Waals surface area contributed by atoms with Crippen LogP contribution in [-0.4, -0.2) is 35.5 Å². The lowest BCUT2D eigenvalue weighted by Crippen LogP contribution is -2.41. The van der Waals surface area contributed by atoms with E-state index in [0.29, 0.717) is 18.9 Å². The molecule has 10 heavy (non-hydrogen) atoms. The second-order valence-electron chi connectivity index (χ2n) is 2.93. The Hall–Kier alpha value is -0.120. The molecule has 0 aromatic rings. The Balaban J connectivity index is 2.33. The van der Waals surface area contributed by atoms with Gasteiger partial charge in [-0.15, -0.1) is 0 Å². The first-order valence-corrected chi connectivity index (χ1v) is 3.77. The fraction of sp³-hybridized carbons (Fsp3) is 1.00. The number of hydrogen-bond donors (Lipinski definition) is 3. The van der Waals surface area contributed by atoms with Gasteiger partial charge in [0.2, 0.25) is 0 Å². The number of aliphatic hydroxyl groups is 2. The number of hydrogen-bond acceptors (Lipinski definition) is 3. The van der Waals surface area contributed by atoms with Crippen LogP contribution in [0.1, 0.15) is 19.3 Å². The zero-order valence-electron chi connectivity index (χ0n) is 6.25. The van der Waals surface area contributed by atoms with E-state index < -0.39 is 12.2 Å². The fourth-order valence-corrected chi connectivity index (χ4v) is 1.39. The van der Waals surface area contributed by atoms with Crippen LogP contribution in [0.2, 0.25) is 0 Å². The van der Waals surface area contributed by atoms with Crippen LogP contribution in [0.4, 0.5) is 0 Å². The molecule has 0 amide bonds. The molecule has 3 nitrogen and oxygen atoms in total. The quantitative estimate of drug-likeness (QED) is 0.465. The summed E-state index contributed by atoms with van der Waals surface area (Å²) < 4.78 is 0. The molecular weight excluding hydrogens is 130 g/mol. The molecule has 60 valence electrons. The zero-order chi connectivity index (χ0) is 7.56. The van der Waals surface area contributed by atoms with Gasteiger partial charge in [-0.2, -0.15) is 0 Å². The van der Waals surface area contributed by atoms with Gasteiger partial charge in [0.25, 0.3) is 0 Å². The molecule has 0 saturated heterocycles. The van der Waals surface area contributed by atoms with Crippen molar-refractivity contribution < 1.29 is 10.2 Å². The first kappa shape index (κ1) is 7.98. The van der Waals surface area contributed by atoms with E-state index in [2.05, 4.69) is 5.32 Å². The van der Waals surface area contributed by atoms with Gasteiger partial charge in [0.15, 0.2) is 0 Å². The summed E-state index contributed by atoms with van der Waals surface area (Å²) in [5.74, 6) is 0. The lowest BCUT2D eigenvalue weighted by molar-refractivity contribution is -0.0172. The molecule has 1 fully saturated rings. The Labute approximate surface area is 61.1 Å². The van der Waals surface area contributed by atoms with Gasteiger partial charge in [-0.05, 0) is 26.3 Å². The summed E-state index contributed by atoms with van der Waals surface area (Å²) >= 11 is 0. The minimum absolute atomic E-state index is 0.387. The molecule has 0 aliphatic heterocycles. The van der Waals surface area contributed by atoms with Crippen molar-refractivity contribution in [3.05, 3.63) is 0 Å². The van der Waals surface area contributed by atoms with Gasteiger partial charge in [0.1, 0.15) is 0 Å². The van der Waals surface area contributed by atoms with Crippen LogP contribution < -0.4 is 5.32 Å². The minimum Gasteiger partial charge on any atom is -0.390 e. The normalized spacial score (nSPS) is 41.7. The van der Waals surface area contributed by atoms with Gasteiger partial charge < -0.3 is 15.5 Å². The first-order valence-electron chi connectivity index (χ1n) is 3.77. The summed E-state index contributed by atoms with van der Waals surface area (Å²) in [6.45, 7) is 0. The van der Waals surface area contributed by atoms with E-state index in [1.165, 1.54) is 0 Å². The van der Waals surface area contributed by atoms with E-state index in [1.54, 1.807) is 0 Å². The summed E-state index contributed by atoms with van der Waals surface area (Å²) in [4.78, 5) is 0. The Bertz CT molecular complexity index is 108. The highest BCUT2D eigenvalue weighted by atomic mass is 16.3. The lowest BCUT2D eigenvalue weighted by atomic mass is 9.91. The molecular formula is C7H15NO2. The van der Waals surface area contributed by atoms with Gasteiger partial charge in [-0.1, -0.05) is 0 Å². The third-order valence-electron chi connectivity index (χ3n) is 2.19. The molecule has 1 rings (SSSR count). The largest absolute Gasteiger partial charge is 0.390 e. The van der Waals surface area contributed by atoms with Crippen molar-refractivity contribution in [2.75, 3.05) is 7.05 Å². The summed E-state index contributed by atoms with van der Waals surface area (Å²) in [5.41, 5.74) is 0. The van der Waals surface area contributed by atoms with E-state index in [4.69, 9.17) is 5.11 Å². The zero-order valence-corrected chi connectivity index (χ0v) is 6.25. The van der Waals surface area contributed by atoms with Crippen LogP contribution in [0, 0.1) is 0 Å². The molecule has 1 saturated carbocycles. The van der Waals surface area contributed by atoms with E-state index in [1.807, 2.05) is 7.05 Å². The van der Waals surface area contributed by atoms with E-state index in [-0.39, 0.29) is 0 Å². The van der Waals surface area contributed by atoms with Crippen molar-refractivity contribution in [2.24, 2.45) is 0 Å². The van der Waals surface area contributed by atoms with E-state index >= 15 is 0 Å². The molecule has 1 aliphatic rings. The highest BCUT2D eigenvalue weighted by molar-refractivity contribution is 4.81. The standard InChI is InChI=1S/C7H15NO2/c1-8-5-2-3-6(9)7(10)4-5/h5-10H,2-4H2,1H3/t5?,6-,7+/m0/s1. The van der Waals surface area contributed by atoms with E-state index in [0.717, 1.165) is 6.42 Å². The van der Waals surface area contributed by atoms with Crippen LogP contribution in [0.5, 0.6) is 0 Å². The van der Waals surface area contributed by atoms with Crippen molar-refractivity contribution in [1.82, 2.24) is 5.32 Å². The number of rotatable bonds is 1. The van der Waals surface area contributed by atoms with Crippen LogP contribution >= 0.6 is 0 Å². The van der Waals surface area contributed by atoms with Gasteiger partial charge in [0, 0.05) is 6.04 Å². The summed E-state index contributed by atoms with van der Waals surface area (Å²) in [5, 5.41) is 21.4. The number of nitrogens with one attached hydrogen (secondary N) is 1. The van der Waals surface area contributed by atoms with Crippen molar-refractivity contribution in [2.45, 2.75) is 37.5 Å². The average Bonchev–Trinajstić information content (AvgIpc) is 1.95. The summed E-state index contributed by atoms with van der Waals surface area (Å²) in [6.07, 6.45) is 1.34. The predicted molar refractivity (Wildman–Crippen MR) is 38.7 cm³/mol. The summed E-state index contributed by atoms with van der Waals surface area (Å²) in [6, 6.07) is 0.387. The smallest absolute Gasteiger partial charge is 0.0813 e. The highest BCUT2D eigenvalue weighted by Crippen LogP contribution is 2.18. The molecule has 0 aromatic heterocycles. The highest BCUT2D eigenvalue weighted by Gasteiger charge is 2.25. The molecule has 3 N–H and O–H groups in total. The third-order valence-corrected chi connectivity index (χ3v) is 2.19. The second-order valence-corrected chi connectivity index (χ2v) is 2.93. The van der Waals surface area contributed by atoms with Crippen molar-refractivity contribution in [3.8, 4) is 0 Å². The van der Waals surface area contributed by atoms with Gasteiger partial charge >= 0.3 is 0 Å². The van der Waals surface area contributed by atoms with Gasteiger partial charge in [-0.3, -0.25) is 0 Å². The molecule has 3 heteroatoms. The predicted octanol–water partition coefficient (Wildman–Crippen LogP) is -0.520. The molecule has 0 aromatic carbocycles. The minimum atomic E-state index is -0.522. The molecule has 0 heterocycles. The maximum Gasteiger partial charge on any atom is 0.0813 e. The Morgan fingerprint density at radius 1 is 1.20 bits per heavy atom. The molecule has 1 unspecified atom stereocenters. The SMILES string of the molecule is CNC1CC[C@H](O)[C@H](O)C1. The van der Waals surface area contributed by atoms with Crippen LogP contribution in [0.3, 0.4) is 0 Å². The second kappa shape index (κ2) is 3.32. The first-order chi connectivity index (χ1) is 4.74. The molecule has 3 atom stereocenters. The fourth-order valence-electron chi connectivity index (χ4n) is 1.39. The van der Waals surface area contributed by atoms with Gasteiger partial charge in [-0.25, -0.2) is 0 Å². The monoisotopic (exact) mass is 145 g/mol. The van der Waals surface area contributed by atoms with Crippen molar-refractivity contribution in [1.29, 1.82) is 0 Å². The molecule has 0 radical (unpaired) electrons. The molecule has 0 spiro atoms. The van der Waals surface area contributed by atoms with Gasteiger partial charge in [0.05, 0.1) is 12.2 Å². The van der Waals surface area contributed by atoms with Crippen molar-refractivity contribution >= 4 is 0 Å². The van der Waals surface area contributed by atoms with Crippen molar-refractivity contribution in [3.63, 3.8) is 0 Å². The van der Waals surface area contributed by atoms with Crippen LogP contribution in [0.25, 0.3) is 0 Å². The number of aliphatic hydroxyl groups excluding tert-OH is 2. The maximum absolute atomic E-state index is 9.19. The molecule has 1 aliphatic carbocycles. The van der Waals surface area contributed by atoms with E-state index in [9.17, 15) is 5.11 Å². The average molecular weight is 145 g/mol. The topological polar surface area (TPSA) is 52.5 Å². The van der Waals surface area contributed by atoms with Crippen LogP contribution in [-0.2, 0) is 0 Å². The third kappa shape index (κ3) is 1.68. The maximum atomic E-state index is 9.19. The molecule has 0 bridgehead atoms. The van der Waals surface area contributed by atoms with Crippen LogP contribution in [0.15, 0.2) is 0 Å². The Morgan fingerprint density at radius 3 is 2.40 bits per heavy atom.